The fourth-order valence-electron chi connectivity index (χ4n) is 4.79. The van der Waals surface area contributed by atoms with Gasteiger partial charge in [0.25, 0.3) is 0 Å². The first kappa shape index (κ1) is 29.2. The zero-order valence-electron chi connectivity index (χ0n) is 22.0. The number of unbranched alkanes of at least 4 members (excludes halogenated alkanes) is 2. The minimum absolute atomic E-state index is 0.0205. The highest BCUT2D eigenvalue weighted by atomic mass is 79.9. The second kappa shape index (κ2) is 14.0. The van der Waals surface area contributed by atoms with Gasteiger partial charge in [0.15, 0.2) is 17.7 Å². The van der Waals surface area contributed by atoms with Crippen LogP contribution in [-0.4, -0.2) is 70.4 Å². The highest BCUT2D eigenvalue weighted by Gasteiger charge is 2.46. The summed E-state index contributed by atoms with van der Waals surface area (Å²) in [6.07, 6.45) is 3.93. The number of aliphatic hydroxyl groups is 2. The number of aromatic hydroxyl groups is 1. The Kier molecular flexibility index (Phi) is 11.0. The molecule has 2 atom stereocenters. The average molecular weight is 576 g/mol. The molecule has 0 radical (unpaired) electrons. The second-order valence-corrected chi connectivity index (χ2v) is 10.4. The summed E-state index contributed by atoms with van der Waals surface area (Å²) in [5, 5.41) is 32.5. The fourth-order valence-corrected chi connectivity index (χ4v) is 5.05. The van der Waals surface area contributed by atoms with Crippen LogP contribution in [0.4, 0.5) is 0 Å². The topological polar surface area (TPSA) is 93.5 Å². The lowest BCUT2D eigenvalue weighted by atomic mass is 9.95. The number of phenols is 1. The molecule has 0 unspecified atom stereocenters. The predicted octanol–water partition coefficient (Wildman–Crippen LogP) is 5.67. The number of methoxy groups -OCH3 is 1. The van der Waals surface area contributed by atoms with Crippen LogP contribution in [0.1, 0.15) is 63.1 Å². The van der Waals surface area contributed by atoms with Crippen molar-refractivity contribution in [3.05, 3.63) is 63.6 Å². The van der Waals surface area contributed by atoms with Crippen LogP contribution in [0.5, 0.6) is 11.5 Å². The SMILES string of the molecule is CCCCN(CCCC)CCCN1[C@@H](O)C(=O)C(=C(O)c2ccc(Br)cc2)[C@H]1c1ccc(O)c(OC)c1. The number of phenolic OH excluding ortho intramolecular Hbond substituents is 1. The number of likely N-dealkylation sites (tertiary alicyclic amines) is 1. The van der Waals surface area contributed by atoms with Crippen molar-refractivity contribution in [2.45, 2.75) is 58.2 Å². The van der Waals surface area contributed by atoms with Crippen molar-refractivity contribution >= 4 is 27.5 Å². The third-order valence-electron chi connectivity index (χ3n) is 6.86. The zero-order valence-corrected chi connectivity index (χ0v) is 23.6. The van der Waals surface area contributed by atoms with E-state index < -0.39 is 18.1 Å². The number of halogens is 1. The van der Waals surface area contributed by atoms with Gasteiger partial charge in [0, 0.05) is 16.6 Å². The van der Waals surface area contributed by atoms with Crippen molar-refractivity contribution in [3.8, 4) is 11.5 Å². The Bertz CT molecular complexity index is 1060. The van der Waals surface area contributed by atoms with E-state index in [9.17, 15) is 20.1 Å². The van der Waals surface area contributed by atoms with Crippen LogP contribution >= 0.6 is 15.9 Å². The van der Waals surface area contributed by atoms with Crippen LogP contribution in [-0.2, 0) is 4.79 Å². The lowest BCUT2D eigenvalue weighted by Crippen LogP contribution is -2.37. The van der Waals surface area contributed by atoms with Crippen molar-refractivity contribution in [2.75, 3.05) is 33.3 Å². The standard InChI is InChI=1S/C29H39BrN2O5/c1-4-6-15-31(16-7-5-2)17-8-18-32-26(21-11-14-23(33)24(19-21)37-3)25(28(35)29(32)36)27(34)20-9-12-22(30)13-10-20/h9-14,19,26,29,33-34,36H,4-8,15-18H2,1-3H3/t26-,29+/m1/s1. The van der Waals surface area contributed by atoms with E-state index >= 15 is 0 Å². The van der Waals surface area contributed by atoms with Crippen LogP contribution in [0.3, 0.4) is 0 Å². The number of carbonyl (C=O) groups excluding carboxylic acids is 1. The maximum Gasteiger partial charge on any atom is 0.208 e. The molecule has 0 saturated carbocycles. The highest BCUT2D eigenvalue weighted by Crippen LogP contribution is 2.43. The maximum atomic E-state index is 13.4. The van der Waals surface area contributed by atoms with Gasteiger partial charge < -0.3 is 25.0 Å². The monoisotopic (exact) mass is 574 g/mol. The Morgan fingerprint density at radius 3 is 2.24 bits per heavy atom. The number of ketones is 1. The van der Waals surface area contributed by atoms with Crippen molar-refractivity contribution < 1.29 is 24.9 Å². The van der Waals surface area contributed by atoms with Gasteiger partial charge >= 0.3 is 0 Å². The molecule has 0 bridgehead atoms. The first-order chi connectivity index (χ1) is 17.8. The Labute approximate surface area is 228 Å². The van der Waals surface area contributed by atoms with Gasteiger partial charge in [-0.05, 0) is 68.7 Å². The van der Waals surface area contributed by atoms with Gasteiger partial charge in [0.2, 0.25) is 5.78 Å². The van der Waals surface area contributed by atoms with E-state index in [1.54, 1.807) is 41.3 Å². The molecule has 0 spiro atoms. The Balaban J connectivity index is 1.95. The van der Waals surface area contributed by atoms with Gasteiger partial charge in [0.05, 0.1) is 18.7 Å². The van der Waals surface area contributed by atoms with Crippen LogP contribution < -0.4 is 4.74 Å². The summed E-state index contributed by atoms with van der Waals surface area (Å²) >= 11 is 3.40. The number of nitrogens with zero attached hydrogens (tertiary/aromatic N) is 2. The van der Waals surface area contributed by atoms with Crippen LogP contribution in [0.25, 0.3) is 5.76 Å². The highest BCUT2D eigenvalue weighted by molar-refractivity contribution is 9.10. The third-order valence-corrected chi connectivity index (χ3v) is 7.39. The molecular weight excluding hydrogens is 536 g/mol. The van der Waals surface area contributed by atoms with Gasteiger partial charge in [0.1, 0.15) is 5.76 Å². The summed E-state index contributed by atoms with van der Waals surface area (Å²) in [6, 6.07) is 11.2. The summed E-state index contributed by atoms with van der Waals surface area (Å²) in [5.41, 5.74) is 1.27. The molecule has 202 valence electrons. The van der Waals surface area contributed by atoms with Gasteiger partial charge in [-0.15, -0.1) is 0 Å². The molecule has 2 aromatic carbocycles. The molecule has 7 nitrogen and oxygen atoms in total. The summed E-state index contributed by atoms with van der Waals surface area (Å²) < 4.78 is 6.16. The average Bonchev–Trinajstić information content (AvgIpc) is 3.15. The summed E-state index contributed by atoms with van der Waals surface area (Å²) in [4.78, 5) is 17.6. The molecule has 37 heavy (non-hydrogen) atoms. The van der Waals surface area contributed by atoms with E-state index in [4.69, 9.17) is 4.74 Å². The largest absolute Gasteiger partial charge is 0.507 e. The number of Topliss-reactive ketones (excluding diaryl/α,β-unsaturated/α-hetero) is 1. The minimum Gasteiger partial charge on any atom is -0.507 e. The lowest BCUT2D eigenvalue weighted by molar-refractivity contribution is -0.127. The minimum atomic E-state index is -1.38. The van der Waals surface area contributed by atoms with Gasteiger partial charge in [-0.2, -0.15) is 0 Å². The van der Waals surface area contributed by atoms with Crippen LogP contribution in [0.15, 0.2) is 52.5 Å². The molecule has 0 aliphatic carbocycles. The van der Waals surface area contributed by atoms with E-state index in [0.29, 0.717) is 17.7 Å². The third kappa shape index (κ3) is 7.13. The number of benzene rings is 2. The molecular formula is C29H39BrN2O5. The Morgan fingerprint density at radius 1 is 1.03 bits per heavy atom. The van der Waals surface area contributed by atoms with E-state index in [2.05, 4.69) is 34.7 Å². The molecule has 1 aliphatic heterocycles. The first-order valence-corrected chi connectivity index (χ1v) is 13.9. The number of rotatable bonds is 13. The summed E-state index contributed by atoms with van der Waals surface area (Å²) in [6.45, 7) is 7.77. The van der Waals surface area contributed by atoms with Gasteiger partial charge in [-0.3, -0.25) is 9.69 Å². The molecule has 0 amide bonds. The Morgan fingerprint density at radius 2 is 1.65 bits per heavy atom. The molecule has 1 aliphatic rings. The van der Waals surface area contributed by atoms with Crippen molar-refractivity contribution in [2.24, 2.45) is 0 Å². The molecule has 2 aromatic rings. The molecule has 3 N–H and O–H groups in total. The van der Waals surface area contributed by atoms with Gasteiger partial charge in [-0.1, -0.05) is 60.8 Å². The van der Waals surface area contributed by atoms with Gasteiger partial charge in [-0.25, -0.2) is 0 Å². The number of aliphatic hydroxyl groups excluding tert-OH is 2. The number of hydrogen-bond acceptors (Lipinski definition) is 7. The molecule has 1 heterocycles. The van der Waals surface area contributed by atoms with E-state index in [1.807, 2.05) is 0 Å². The predicted molar refractivity (Wildman–Crippen MR) is 150 cm³/mol. The quantitative estimate of drug-likeness (QED) is 0.209. The zero-order chi connectivity index (χ0) is 26.9. The molecule has 0 aromatic heterocycles. The van der Waals surface area contributed by atoms with Crippen molar-refractivity contribution in [1.29, 1.82) is 0 Å². The first-order valence-electron chi connectivity index (χ1n) is 13.1. The smallest absolute Gasteiger partial charge is 0.208 e. The van der Waals surface area contributed by atoms with E-state index in [0.717, 1.165) is 56.2 Å². The second-order valence-electron chi connectivity index (χ2n) is 9.48. The maximum absolute atomic E-state index is 13.4. The Hall–Kier alpha value is -2.39. The molecule has 1 saturated heterocycles. The van der Waals surface area contributed by atoms with Crippen molar-refractivity contribution in [3.63, 3.8) is 0 Å². The number of carbonyl (C=O) groups is 1. The van der Waals surface area contributed by atoms with Crippen molar-refractivity contribution in [1.82, 2.24) is 9.80 Å². The molecule has 8 heteroatoms. The van der Waals surface area contributed by atoms with E-state index in [1.165, 1.54) is 13.2 Å². The van der Waals surface area contributed by atoms with Crippen LogP contribution in [0, 0.1) is 0 Å². The number of ether oxygens (including phenoxy) is 1. The normalized spacial score (nSPS) is 19.6. The lowest BCUT2D eigenvalue weighted by Gasteiger charge is -2.29. The number of hydrogen-bond donors (Lipinski definition) is 3. The van der Waals surface area contributed by atoms with Crippen LogP contribution in [0.2, 0.25) is 0 Å². The molecule has 1 fully saturated rings. The fraction of sp³-hybridized carbons (Fsp3) is 0.483. The van der Waals surface area contributed by atoms with E-state index in [-0.39, 0.29) is 22.8 Å². The molecule has 3 rings (SSSR count). The summed E-state index contributed by atoms with van der Waals surface area (Å²) in [7, 11) is 1.46. The summed E-state index contributed by atoms with van der Waals surface area (Å²) in [5.74, 6) is -0.443.